The molecule has 0 aliphatic carbocycles. The van der Waals surface area contributed by atoms with Gasteiger partial charge in [0.25, 0.3) is 0 Å². The number of nitrogens with zero attached hydrogens (tertiary/aromatic N) is 2. The second-order valence-electron chi connectivity index (χ2n) is 6.13. The van der Waals surface area contributed by atoms with Gasteiger partial charge in [-0.15, -0.1) is 0 Å². The van der Waals surface area contributed by atoms with Crippen LogP contribution >= 0.6 is 20.2 Å². The van der Waals surface area contributed by atoms with Crippen LogP contribution in [0.15, 0.2) is 24.3 Å². The molecule has 38 heavy (non-hydrogen) atoms. The fraction of sp³-hybridized carbons (Fsp3) is 0.375. The summed E-state index contributed by atoms with van der Waals surface area (Å²) >= 11 is -5.21. The molecule has 11 nitrogen and oxygen atoms in total. The van der Waals surface area contributed by atoms with E-state index >= 15 is 0 Å². The molecule has 0 heterocycles. The number of halogens is 10. The quantitative estimate of drug-likeness (QED) is 0.0522. The Morgan fingerprint density at radius 1 is 0.868 bits per heavy atom. The van der Waals surface area contributed by atoms with E-state index in [4.69, 9.17) is 5.53 Å². The van der Waals surface area contributed by atoms with Gasteiger partial charge in [-0.05, 0) is 0 Å². The SMILES string of the molecule is [N-]=[N+]=C(C(=O)OCC(F)(F)F)I(OS(=O)(=O)C(F)(F)F)c1ccccc1C(=O)OCC(=O)OCC(F)(F)F. The normalized spacial score (nSPS) is 12.7. The number of ether oxygens (including phenoxy) is 3. The number of carbonyl (C=O) groups is 3. The second-order valence-corrected chi connectivity index (χ2v) is 12.3. The maximum absolute atomic E-state index is 12.9. The van der Waals surface area contributed by atoms with Gasteiger partial charge in [0.1, 0.15) is 0 Å². The summed E-state index contributed by atoms with van der Waals surface area (Å²) in [5.74, 6) is -5.74. The molecule has 0 aliphatic heterocycles. The number of hydrogen-bond donors (Lipinski definition) is 0. The van der Waals surface area contributed by atoms with Crippen molar-refractivity contribution < 1.29 is 83.8 Å². The average molecular weight is 704 g/mol. The topological polar surface area (TPSA) is 159 Å². The number of rotatable bonds is 10. The zero-order valence-corrected chi connectivity index (χ0v) is 20.7. The summed E-state index contributed by atoms with van der Waals surface area (Å²) in [6.45, 7) is -5.92. The van der Waals surface area contributed by atoms with Gasteiger partial charge in [0.15, 0.2) is 0 Å². The van der Waals surface area contributed by atoms with Gasteiger partial charge in [0, 0.05) is 0 Å². The molecule has 22 heteroatoms. The van der Waals surface area contributed by atoms with Crippen molar-refractivity contribution in [3.05, 3.63) is 38.9 Å². The van der Waals surface area contributed by atoms with Crippen LogP contribution in [0.25, 0.3) is 5.53 Å². The molecule has 0 bridgehead atoms. The van der Waals surface area contributed by atoms with E-state index in [0.29, 0.717) is 12.1 Å². The van der Waals surface area contributed by atoms with Crippen molar-refractivity contribution in [3.8, 4) is 0 Å². The van der Waals surface area contributed by atoms with Crippen LogP contribution in [-0.4, -0.2) is 72.5 Å². The van der Waals surface area contributed by atoms with Crippen LogP contribution in [-0.2, 0) is 36.4 Å². The van der Waals surface area contributed by atoms with E-state index in [1.807, 2.05) is 0 Å². The summed E-state index contributed by atoms with van der Waals surface area (Å²) in [6, 6.07) is 3.19. The molecule has 0 saturated carbocycles. The predicted octanol–water partition coefficient (Wildman–Crippen LogP) is 3.14. The third-order valence-electron chi connectivity index (χ3n) is 3.21. The summed E-state index contributed by atoms with van der Waals surface area (Å²) < 4.78 is 148. The molecule has 0 saturated heterocycles. The Balaban J connectivity index is 3.43. The number of esters is 3. The van der Waals surface area contributed by atoms with E-state index in [2.05, 4.69) is 21.5 Å². The van der Waals surface area contributed by atoms with Crippen molar-refractivity contribution in [1.29, 1.82) is 0 Å². The van der Waals surface area contributed by atoms with Crippen molar-refractivity contribution >= 4 is 52.0 Å². The van der Waals surface area contributed by atoms with Crippen molar-refractivity contribution in [3.63, 3.8) is 0 Å². The Labute approximate surface area is 212 Å². The standard InChI is InChI=1S/C16H10F9IN2O9S/c17-14(18,19)6-35-10(29)5-34-12(30)8-3-1-2-4-9(8)26(37-38(32,33)16(23,24)25)11(28-27)13(31)36-7-15(20,21)22/h1-4H,5-7H2. The molecule has 214 valence electrons. The minimum absolute atomic E-state index is 0.636. The number of benzene rings is 1. The third kappa shape index (κ3) is 10.4. The predicted molar refractivity (Wildman–Crippen MR) is 108 cm³/mol. The molecule has 1 rings (SSSR count). The molecule has 1 aromatic carbocycles. The number of carbonyl (C=O) groups excluding carboxylic acids is 3. The van der Waals surface area contributed by atoms with Crippen molar-refractivity contribution in [2.45, 2.75) is 17.9 Å². The first-order valence-corrected chi connectivity index (χ1v) is 13.3. The van der Waals surface area contributed by atoms with Gasteiger partial charge in [-0.2, -0.15) is 0 Å². The first-order chi connectivity index (χ1) is 17.2. The molecule has 0 aromatic heterocycles. The Morgan fingerprint density at radius 2 is 1.39 bits per heavy atom. The van der Waals surface area contributed by atoms with Gasteiger partial charge in [0.05, 0.1) is 0 Å². The van der Waals surface area contributed by atoms with Crippen LogP contribution in [0.3, 0.4) is 0 Å². The van der Waals surface area contributed by atoms with E-state index < -0.39 is 98.8 Å². The molecule has 0 unspecified atom stereocenters. The second kappa shape index (κ2) is 12.7. The van der Waals surface area contributed by atoms with E-state index in [1.165, 1.54) is 0 Å². The molecule has 1 aromatic rings. The molecular formula is C16H10F9IN2O9S. The average Bonchev–Trinajstić information content (AvgIpc) is 2.78. The maximum atomic E-state index is 12.9. The van der Waals surface area contributed by atoms with Gasteiger partial charge in [-0.3, -0.25) is 0 Å². The van der Waals surface area contributed by atoms with Gasteiger partial charge < -0.3 is 0 Å². The monoisotopic (exact) mass is 704 g/mol. The van der Waals surface area contributed by atoms with Gasteiger partial charge in [-0.1, -0.05) is 0 Å². The van der Waals surface area contributed by atoms with Crippen LogP contribution in [0.1, 0.15) is 10.4 Å². The third-order valence-corrected chi connectivity index (χ3v) is 10.1. The van der Waals surface area contributed by atoms with Crippen LogP contribution in [0.2, 0.25) is 0 Å². The summed E-state index contributed by atoms with van der Waals surface area (Å²) in [5, 5.41) is 0. The fourth-order valence-corrected chi connectivity index (χ4v) is 8.07. The molecule has 0 spiro atoms. The number of alkyl halides is 9. The fourth-order valence-electron chi connectivity index (χ4n) is 1.81. The first kappa shape index (κ1) is 33.0. The Kier molecular flexibility index (Phi) is 11.1. The van der Waals surface area contributed by atoms with Gasteiger partial charge >= 0.3 is 212 Å². The van der Waals surface area contributed by atoms with Crippen LogP contribution < -0.4 is 0 Å². The summed E-state index contributed by atoms with van der Waals surface area (Å²) in [6.07, 6.45) is -10.1. The van der Waals surface area contributed by atoms with E-state index in [-0.39, 0.29) is 0 Å². The Bertz CT molecular complexity index is 1210. The Hall–Kier alpha value is -2.98. The summed E-state index contributed by atoms with van der Waals surface area (Å²) in [7, 11) is -6.65. The van der Waals surface area contributed by atoms with E-state index in [0.717, 1.165) is 12.1 Å². The molecule has 0 amide bonds. The van der Waals surface area contributed by atoms with E-state index in [1.54, 1.807) is 0 Å². The van der Waals surface area contributed by atoms with Crippen LogP contribution in [0.5, 0.6) is 0 Å². The van der Waals surface area contributed by atoms with Crippen molar-refractivity contribution in [2.24, 2.45) is 0 Å². The minimum atomic E-state index is -6.65. The molecule has 0 atom stereocenters. The molecule has 0 fully saturated rings. The molecule has 0 N–H and O–H groups in total. The van der Waals surface area contributed by atoms with Gasteiger partial charge in [0.2, 0.25) is 0 Å². The van der Waals surface area contributed by atoms with Crippen LogP contribution in [0.4, 0.5) is 39.5 Å². The van der Waals surface area contributed by atoms with Crippen molar-refractivity contribution in [1.82, 2.24) is 0 Å². The van der Waals surface area contributed by atoms with Crippen molar-refractivity contribution in [2.75, 3.05) is 19.8 Å². The first-order valence-electron chi connectivity index (χ1n) is 8.84. The van der Waals surface area contributed by atoms with E-state index in [9.17, 15) is 62.3 Å². The van der Waals surface area contributed by atoms with Crippen LogP contribution in [0, 0.1) is 3.57 Å². The molecule has 0 aliphatic rings. The Morgan fingerprint density at radius 3 is 1.89 bits per heavy atom. The zero-order chi connectivity index (χ0) is 29.5. The van der Waals surface area contributed by atoms with Gasteiger partial charge in [-0.25, -0.2) is 0 Å². The molecule has 0 radical (unpaired) electrons. The molecular weight excluding hydrogens is 694 g/mol. The zero-order valence-electron chi connectivity index (χ0n) is 17.7. The number of hydrogen-bond acceptors (Lipinski definition) is 9. The summed E-state index contributed by atoms with van der Waals surface area (Å²) in [4.78, 5) is 37.9. The summed E-state index contributed by atoms with van der Waals surface area (Å²) in [5.41, 5.74) is 1.97.